The molecule has 1 aliphatic heterocycles. The Balaban J connectivity index is 1.74. The van der Waals surface area contributed by atoms with Crippen molar-refractivity contribution in [2.75, 3.05) is 6.61 Å². The molecule has 0 saturated carbocycles. The van der Waals surface area contributed by atoms with Gasteiger partial charge < -0.3 is 9.30 Å². The van der Waals surface area contributed by atoms with Gasteiger partial charge in [0.05, 0.1) is 17.6 Å². The van der Waals surface area contributed by atoms with E-state index in [1.165, 1.54) is 11.1 Å². The van der Waals surface area contributed by atoms with Crippen LogP contribution in [0.1, 0.15) is 17.3 Å². The first-order chi connectivity index (χ1) is 9.83. The van der Waals surface area contributed by atoms with Crippen LogP contribution in [-0.4, -0.2) is 16.2 Å². The number of para-hydroxylation sites is 3. The van der Waals surface area contributed by atoms with Crippen LogP contribution in [0.5, 0.6) is 5.75 Å². The van der Waals surface area contributed by atoms with Gasteiger partial charge in [0.2, 0.25) is 0 Å². The molecule has 3 heteroatoms. The van der Waals surface area contributed by atoms with Gasteiger partial charge in [0, 0.05) is 18.0 Å². The van der Waals surface area contributed by atoms with Gasteiger partial charge in [-0.3, -0.25) is 0 Å². The molecule has 0 amide bonds. The highest BCUT2D eigenvalue weighted by Crippen LogP contribution is 2.35. The zero-order valence-corrected chi connectivity index (χ0v) is 11.4. The van der Waals surface area contributed by atoms with E-state index in [-0.39, 0.29) is 0 Å². The molecule has 100 valence electrons. The number of nitrogens with zero attached hydrogens (tertiary/aromatic N) is 2. The molecule has 1 aromatic heterocycles. The Morgan fingerprint density at radius 2 is 1.95 bits per heavy atom. The maximum Gasteiger partial charge on any atom is 0.122 e. The fourth-order valence-electron chi connectivity index (χ4n) is 3.03. The topological polar surface area (TPSA) is 27.1 Å². The molecular formula is C17H16N2O. The molecule has 0 N–H and O–H groups in total. The van der Waals surface area contributed by atoms with Gasteiger partial charge in [0.1, 0.15) is 11.6 Å². The summed E-state index contributed by atoms with van der Waals surface area (Å²) in [5.74, 6) is 2.50. The highest BCUT2D eigenvalue weighted by atomic mass is 16.5. The summed E-state index contributed by atoms with van der Waals surface area (Å²) in [6.07, 6.45) is 0. The molecule has 0 fully saturated rings. The number of benzene rings is 2. The molecule has 0 spiro atoms. The van der Waals surface area contributed by atoms with Gasteiger partial charge in [-0.2, -0.15) is 0 Å². The van der Waals surface area contributed by atoms with Crippen molar-refractivity contribution >= 4 is 11.0 Å². The molecule has 0 aliphatic carbocycles. The third kappa shape index (κ3) is 1.70. The van der Waals surface area contributed by atoms with Crippen LogP contribution in [0, 0.1) is 6.92 Å². The zero-order chi connectivity index (χ0) is 13.5. The molecule has 3 nitrogen and oxygen atoms in total. The monoisotopic (exact) mass is 264 g/mol. The molecule has 0 radical (unpaired) electrons. The molecule has 20 heavy (non-hydrogen) atoms. The van der Waals surface area contributed by atoms with Gasteiger partial charge in [0.25, 0.3) is 0 Å². The summed E-state index contributed by atoms with van der Waals surface area (Å²) in [5, 5.41) is 0. The number of rotatable bonds is 2. The number of aryl methyl sites for hydroxylation is 1. The molecule has 1 unspecified atom stereocenters. The van der Waals surface area contributed by atoms with Gasteiger partial charge in [-0.15, -0.1) is 0 Å². The summed E-state index contributed by atoms with van der Waals surface area (Å²) >= 11 is 0. The second kappa shape index (κ2) is 4.37. The second-order valence-electron chi connectivity index (χ2n) is 5.30. The predicted molar refractivity (Wildman–Crippen MR) is 79.1 cm³/mol. The van der Waals surface area contributed by atoms with Crippen molar-refractivity contribution in [3.63, 3.8) is 0 Å². The first-order valence-electron chi connectivity index (χ1n) is 6.96. The average Bonchev–Trinajstić information content (AvgIpc) is 3.02. The van der Waals surface area contributed by atoms with E-state index in [2.05, 4.69) is 46.8 Å². The van der Waals surface area contributed by atoms with E-state index in [0.717, 1.165) is 30.2 Å². The van der Waals surface area contributed by atoms with Crippen molar-refractivity contribution in [1.82, 2.24) is 9.55 Å². The van der Waals surface area contributed by atoms with Crippen LogP contribution in [-0.2, 0) is 6.54 Å². The van der Waals surface area contributed by atoms with E-state index in [1.54, 1.807) is 0 Å². The van der Waals surface area contributed by atoms with E-state index >= 15 is 0 Å². The lowest BCUT2D eigenvalue weighted by atomic mass is 10.0. The minimum atomic E-state index is 0.405. The van der Waals surface area contributed by atoms with Crippen LogP contribution in [0.3, 0.4) is 0 Å². The fraction of sp³-hybridized carbons (Fsp3) is 0.235. The van der Waals surface area contributed by atoms with E-state index < -0.39 is 0 Å². The third-order valence-electron chi connectivity index (χ3n) is 4.05. The van der Waals surface area contributed by atoms with Crippen LogP contribution in [0.2, 0.25) is 0 Å². The van der Waals surface area contributed by atoms with Crippen molar-refractivity contribution in [3.8, 4) is 5.75 Å². The van der Waals surface area contributed by atoms with Crippen molar-refractivity contribution in [3.05, 3.63) is 59.9 Å². The average molecular weight is 264 g/mol. The van der Waals surface area contributed by atoms with E-state index in [0.29, 0.717) is 5.92 Å². The zero-order valence-electron chi connectivity index (χ0n) is 11.4. The summed E-state index contributed by atoms with van der Waals surface area (Å²) in [4.78, 5) is 4.63. The first kappa shape index (κ1) is 11.5. The maximum atomic E-state index is 5.78. The van der Waals surface area contributed by atoms with Crippen molar-refractivity contribution in [2.45, 2.75) is 19.4 Å². The number of aromatic nitrogens is 2. The predicted octanol–water partition coefficient (Wildman–Crippen LogP) is 3.52. The van der Waals surface area contributed by atoms with Crippen molar-refractivity contribution in [2.24, 2.45) is 0 Å². The van der Waals surface area contributed by atoms with E-state index in [1.807, 2.05) is 18.2 Å². The Hall–Kier alpha value is -2.29. The summed E-state index contributed by atoms with van der Waals surface area (Å²) < 4.78 is 8.08. The molecule has 2 aromatic carbocycles. The molecule has 4 rings (SSSR count). The molecule has 2 heterocycles. The standard InChI is InChI=1S/C17H16N2O/c1-12-18-15-7-3-4-8-16(15)19(12)10-13-11-20-17-9-5-2-6-14(13)17/h2-9,13H,10-11H2,1H3. The lowest BCUT2D eigenvalue weighted by Crippen LogP contribution is -2.11. The van der Waals surface area contributed by atoms with E-state index in [4.69, 9.17) is 4.74 Å². The minimum absolute atomic E-state index is 0.405. The number of hydrogen-bond donors (Lipinski definition) is 0. The van der Waals surface area contributed by atoms with Gasteiger partial charge in [0.15, 0.2) is 0 Å². The Kier molecular flexibility index (Phi) is 2.52. The smallest absolute Gasteiger partial charge is 0.122 e. The minimum Gasteiger partial charge on any atom is -0.493 e. The number of fused-ring (bicyclic) bond motifs is 2. The van der Waals surface area contributed by atoms with Crippen molar-refractivity contribution in [1.29, 1.82) is 0 Å². The number of hydrogen-bond acceptors (Lipinski definition) is 2. The lowest BCUT2D eigenvalue weighted by molar-refractivity contribution is 0.319. The third-order valence-corrected chi connectivity index (χ3v) is 4.05. The molecule has 3 aromatic rings. The quantitative estimate of drug-likeness (QED) is 0.708. The van der Waals surface area contributed by atoms with Gasteiger partial charge in [-0.05, 0) is 25.1 Å². The van der Waals surface area contributed by atoms with Crippen LogP contribution < -0.4 is 4.74 Å². The Morgan fingerprint density at radius 3 is 2.90 bits per heavy atom. The van der Waals surface area contributed by atoms with Gasteiger partial charge >= 0.3 is 0 Å². The highest BCUT2D eigenvalue weighted by molar-refractivity contribution is 5.75. The molecule has 0 bridgehead atoms. The Morgan fingerprint density at radius 1 is 1.15 bits per heavy atom. The summed E-state index contributed by atoms with van der Waals surface area (Å²) in [5.41, 5.74) is 3.58. The van der Waals surface area contributed by atoms with Crippen LogP contribution >= 0.6 is 0 Å². The Bertz CT molecular complexity index is 776. The fourth-order valence-corrected chi connectivity index (χ4v) is 3.03. The molecule has 1 atom stereocenters. The SMILES string of the molecule is Cc1nc2ccccc2n1CC1COc2ccccc21. The van der Waals surface area contributed by atoms with Crippen LogP contribution in [0.25, 0.3) is 11.0 Å². The molecule has 1 aliphatic rings. The number of ether oxygens (including phenoxy) is 1. The van der Waals surface area contributed by atoms with Crippen LogP contribution in [0.4, 0.5) is 0 Å². The summed E-state index contributed by atoms with van der Waals surface area (Å²) in [6, 6.07) is 16.6. The van der Waals surface area contributed by atoms with Gasteiger partial charge in [-0.25, -0.2) is 4.98 Å². The second-order valence-corrected chi connectivity index (χ2v) is 5.30. The Labute approximate surface area is 117 Å². The first-order valence-corrected chi connectivity index (χ1v) is 6.96. The van der Waals surface area contributed by atoms with Crippen molar-refractivity contribution < 1.29 is 4.74 Å². The summed E-state index contributed by atoms with van der Waals surface area (Å²) in [7, 11) is 0. The van der Waals surface area contributed by atoms with Gasteiger partial charge in [-0.1, -0.05) is 30.3 Å². The maximum absolute atomic E-state index is 5.78. The van der Waals surface area contributed by atoms with Crippen LogP contribution in [0.15, 0.2) is 48.5 Å². The summed E-state index contributed by atoms with van der Waals surface area (Å²) in [6.45, 7) is 3.75. The lowest BCUT2D eigenvalue weighted by Gasteiger charge is -2.12. The molecular weight excluding hydrogens is 248 g/mol. The normalized spacial score (nSPS) is 17.1. The molecule has 0 saturated heterocycles. The highest BCUT2D eigenvalue weighted by Gasteiger charge is 2.25. The largest absolute Gasteiger partial charge is 0.493 e. The number of imidazole rings is 1. The van der Waals surface area contributed by atoms with E-state index in [9.17, 15) is 0 Å².